The van der Waals surface area contributed by atoms with Crippen LogP contribution >= 0.6 is 0 Å². The van der Waals surface area contributed by atoms with Gasteiger partial charge in [0.2, 0.25) is 0 Å². The van der Waals surface area contributed by atoms with Crippen LogP contribution in [0.25, 0.3) is 0 Å². The predicted octanol–water partition coefficient (Wildman–Crippen LogP) is 2.58. The number of carbonyl (C=O) groups excluding carboxylic acids is 2. The average molecular weight is 281 g/mol. The minimum absolute atomic E-state index is 0.00443. The van der Waals surface area contributed by atoms with Crippen molar-refractivity contribution in [3.63, 3.8) is 0 Å². The lowest BCUT2D eigenvalue weighted by Crippen LogP contribution is -2.25. The number of benzene rings is 2. The second-order valence-corrected chi connectivity index (χ2v) is 5.99. The van der Waals surface area contributed by atoms with Crippen molar-refractivity contribution < 1.29 is 14.7 Å². The molecule has 2 rings (SSSR count). The zero-order valence-electron chi connectivity index (χ0n) is 12.3. The zero-order chi connectivity index (χ0) is 15.6. The molecule has 0 N–H and O–H groups in total. The molecule has 0 atom stereocenters. The number of rotatable bonds is 3. The van der Waals surface area contributed by atoms with Crippen molar-refractivity contribution in [1.82, 2.24) is 0 Å². The molecule has 0 amide bonds. The summed E-state index contributed by atoms with van der Waals surface area (Å²) in [5, 5.41) is 11.1. The monoisotopic (exact) mass is 281 g/mol. The van der Waals surface area contributed by atoms with Gasteiger partial charge in [-0.15, -0.1) is 0 Å². The first-order valence-electron chi connectivity index (χ1n) is 6.76. The van der Waals surface area contributed by atoms with Crippen molar-refractivity contribution in [3.05, 3.63) is 70.8 Å². The first-order chi connectivity index (χ1) is 9.80. The molecule has 0 bridgehead atoms. The Bertz CT molecular complexity index is 676. The number of carboxylic acid groups (broad SMARTS) is 1. The Morgan fingerprint density at radius 3 is 1.86 bits per heavy atom. The minimum atomic E-state index is -1.34. The molecule has 0 aliphatic carbocycles. The molecule has 0 fully saturated rings. The van der Waals surface area contributed by atoms with Crippen molar-refractivity contribution >= 4 is 11.8 Å². The van der Waals surface area contributed by atoms with Crippen LogP contribution in [0.5, 0.6) is 0 Å². The Kier molecular flexibility index (Phi) is 3.94. The molecule has 0 spiro atoms. The summed E-state index contributed by atoms with van der Waals surface area (Å²) >= 11 is 0. The molecule has 108 valence electrons. The first-order valence-corrected chi connectivity index (χ1v) is 6.76. The molecule has 21 heavy (non-hydrogen) atoms. The summed E-state index contributed by atoms with van der Waals surface area (Å²) in [6.45, 7) is 6.28. The predicted molar refractivity (Wildman–Crippen MR) is 79.3 cm³/mol. The van der Waals surface area contributed by atoms with E-state index >= 15 is 0 Å². The molecule has 0 aliphatic heterocycles. The fraction of sp³-hybridized carbons (Fsp3) is 0.222. The van der Waals surface area contributed by atoms with E-state index in [9.17, 15) is 14.7 Å². The highest BCUT2D eigenvalue weighted by atomic mass is 16.4. The Morgan fingerprint density at radius 2 is 1.38 bits per heavy atom. The largest absolute Gasteiger partial charge is 0.545 e. The number of ketones is 1. The van der Waals surface area contributed by atoms with Gasteiger partial charge in [-0.3, -0.25) is 4.79 Å². The van der Waals surface area contributed by atoms with Crippen molar-refractivity contribution in [1.29, 1.82) is 0 Å². The minimum Gasteiger partial charge on any atom is -0.545 e. The van der Waals surface area contributed by atoms with Crippen LogP contribution in [0.3, 0.4) is 0 Å². The summed E-state index contributed by atoms with van der Waals surface area (Å²) in [6.07, 6.45) is 0. The molecular formula is C18H17O3-. The number of aromatic carboxylic acids is 1. The molecule has 0 aromatic heterocycles. The lowest BCUT2D eigenvalue weighted by atomic mass is 9.86. The maximum absolute atomic E-state index is 12.4. The fourth-order valence-electron chi connectivity index (χ4n) is 2.14. The fourth-order valence-corrected chi connectivity index (χ4v) is 2.14. The van der Waals surface area contributed by atoms with Crippen LogP contribution in [0.2, 0.25) is 0 Å². The van der Waals surface area contributed by atoms with Gasteiger partial charge < -0.3 is 9.90 Å². The van der Waals surface area contributed by atoms with E-state index in [1.54, 1.807) is 24.3 Å². The number of hydrogen-bond acceptors (Lipinski definition) is 3. The Balaban J connectivity index is 2.40. The summed E-state index contributed by atoms with van der Waals surface area (Å²) in [7, 11) is 0. The van der Waals surface area contributed by atoms with Crippen LogP contribution in [0.1, 0.15) is 52.6 Å². The maximum Gasteiger partial charge on any atom is 0.193 e. The van der Waals surface area contributed by atoms with E-state index in [4.69, 9.17) is 0 Å². The van der Waals surface area contributed by atoms with E-state index in [0.29, 0.717) is 5.56 Å². The van der Waals surface area contributed by atoms with Gasteiger partial charge in [0.05, 0.1) is 5.97 Å². The van der Waals surface area contributed by atoms with E-state index in [1.165, 1.54) is 12.1 Å². The van der Waals surface area contributed by atoms with Gasteiger partial charge in [0.15, 0.2) is 5.78 Å². The first kappa shape index (κ1) is 15.0. The molecule has 0 heterocycles. The van der Waals surface area contributed by atoms with Crippen molar-refractivity contribution in [2.75, 3.05) is 0 Å². The summed E-state index contributed by atoms with van der Waals surface area (Å²) in [6, 6.07) is 13.4. The van der Waals surface area contributed by atoms with E-state index in [0.717, 1.165) is 5.56 Å². The van der Waals surface area contributed by atoms with Crippen LogP contribution in [0, 0.1) is 0 Å². The van der Waals surface area contributed by atoms with E-state index in [1.807, 2.05) is 12.1 Å². The highest BCUT2D eigenvalue weighted by Gasteiger charge is 2.16. The topological polar surface area (TPSA) is 57.2 Å². The van der Waals surface area contributed by atoms with E-state index < -0.39 is 5.97 Å². The highest BCUT2D eigenvalue weighted by molar-refractivity contribution is 6.13. The molecule has 0 saturated heterocycles. The van der Waals surface area contributed by atoms with E-state index in [2.05, 4.69) is 20.8 Å². The molecule has 2 aromatic rings. The third-order valence-electron chi connectivity index (χ3n) is 3.40. The smallest absolute Gasteiger partial charge is 0.193 e. The molecule has 0 unspecified atom stereocenters. The van der Waals surface area contributed by atoms with Crippen molar-refractivity contribution in [2.45, 2.75) is 26.2 Å². The van der Waals surface area contributed by atoms with Gasteiger partial charge in [0.25, 0.3) is 0 Å². The molecule has 0 saturated carbocycles. The number of carboxylic acids is 1. The van der Waals surface area contributed by atoms with Gasteiger partial charge in [-0.2, -0.15) is 0 Å². The SMILES string of the molecule is CC(C)(C)c1ccc(C(=O)c2ccccc2C(=O)[O-])cc1. The van der Waals surface area contributed by atoms with Crippen molar-refractivity contribution in [3.8, 4) is 0 Å². The summed E-state index contributed by atoms with van der Waals surface area (Å²) in [5.41, 5.74) is 1.66. The third-order valence-corrected chi connectivity index (χ3v) is 3.40. The van der Waals surface area contributed by atoms with Crippen LogP contribution in [0.15, 0.2) is 48.5 Å². The second kappa shape index (κ2) is 5.52. The Labute approximate surface area is 124 Å². The standard InChI is InChI=1S/C18H18O3/c1-18(2,3)13-10-8-12(9-11-13)16(19)14-6-4-5-7-15(14)17(20)21/h4-11H,1-3H3,(H,20,21)/p-1. The summed E-state index contributed by atoms with van der Waals surface area (Å²) in [5.74, 6) is -1.65. The molecular weight excluding hydrogens is 264 g/mol. The normalized spacial score (nSPS) is 11.2. The molecule has 0 aliphatic rings. The highest BCUT2D eigenvalue weighted by Crippen LogP contribution is 2.23. The molecule has 2 aromatic carbocycles. The van der Waals surface area contributed by atoms with Gasteiger partial charge >= 0.3 is 0 Å². The zero-order valence-corrected chi connectivity index (χ0v) is 12.3. The van der Waals surface area contributed by atoms with E-state index in [-0.39, 0.29) is 22.3 Å². The van der Waals surface area contributed by atoms with Crippen LogP contribution < -0.4 is 5.11 Å². The second-order valence-electron chi connectivity index (χ2n) is 5.99. The van der Waals surface area contributed by atoms with Crippen LogP contribution in [-0.4, -0.2) is 11.8 Å². The maximum atomic E-state index is 12.4. The van der Waals surface area contributed by atoms with Gasteiger partial charge in [0.1, 0.15) is 0 Å². The number of hydrogen-bond donors (Lipinski definition) is 0. The van der Waals surface area contributed by atoms with Crippen molar-refractivity contribution in [2.24, 2.45) is 0 Å². The third kappa shape index (κ3) is 3.19. The summed E-state index contributed by atoms with van der Waals surface area (Å²) in [4.78, 5) is 23.5. The van der Waals surface area contributed by atoms with Gasteiger partial charge in [-0.25, -0.2) is 0 Å². The van der Waals surface area contributed by atoms with Gasteiger partial charge in [-0.1, -0.05) is 69.3 Å². The average Bonchev–Trinajstić information content (AvgIpc) is 2.45. The lowest BCUT2D eigenvalue weighted by molar-refractivity contribution is -0.255. The Morgan fingerprint density at radius 1 is 0.857 bits per heavy atom. The van der Waals surface area contributed by atoms with Gasteiger partial charge in [0, 0.05) is 16.7 Å². The molecule has 3 nitrogen and oxygen atoms in total. The van der Waals surface area contributed by atoms with Gasteiger partial charge in [-0.05, 0) is 11.0 Å². The quantitative estimate of drug-likeness (QED) is 0.812. The molecule has 3 heteroatoms. The lowest BCUT2D eigenvalue weighted by Gasteiger charge is -2.19. The van der Waals surface area contributed by atoms with Crippen LogP contribution in [0.4, 0.5) is 0 Å². The number of carbonyl (C=O) groups is 2. The van der Waals surface area contributed by atoms with Crippen LogP contribution in [-0.2, 0) is 5.41 Å². The molecule has 0 radical (unpaired) electrons. The summed E-state index contributed by atoms with van der Waals surface area (Å²) < 4.78 is 0. The Hall–Kier alpha value is -2.42.